The van der Waals surface area contributed by atoms with E-state index in [0.717, 1.165) is 51.4 Å². The van der Waals surface area contributed by atoms with Gasteiger partial charge in [0.15, 0.2) is 0 Å². The number of aryl methyl sites for hydroxylation is 1. The second kappa shape index (κ2) is 27.9. The van der Waals surface area contributed by atoms with Gasteiger partial charge in [0.05, 0.1) is 25.9 Å². The highest BCUT2D eigenvalue weighted by Crippen LogP contribution is 2.69. The number of rotatable bonds is 32. The molecule has 1 aromatic heterocycles. The summed E-state index contributed by atoms with van der Waals surface area (Å²) in [5.41, 5.74) is -0.177. The summed E-state index contributed by atoms with van der Waals surface area (Å²) in [5.74, 6) is -0.830. The number of aromatic nitrogens is 2. The van der Waals surface area contributed by atoms with Crippen LogP contribution in [0.1, 0.15) is 146 Å². The van der Waals surface area contributed by atoms with Crippen molar-refractivity contribution in [3.8, 4) is 11.5 Å². The number of esters is 2. The molecule has 0 radical (unpaired) electrons. The zero-order valence-electron chi connectivity index (χ0n) is 38.0. The Labute approximate surface area is 386 Å². The number of nitrogens with one attached hydrogen (secondary N) is 1. The van der Waals surface area contributed by atoms with Crippen molar-refractivity contribution in [2.45, 2.75) is 149 Å². The molecule has 0 spiro atoms. The van der Waals surface area contributed by atoms with E-state index in [2.05, 4.69) is 23.1 Å². The zero-order chi connectivity index (χ0) is 48.0. The fourth-order valence-corrected chi connectivity index (χ4v) is 11.0. The van der Waals surface area contributed by atoms with Gasteiger partial charge in [0.25, 0.3) is 5.56 Å². The molecule has 66 heavy (non-hydrogen) atoms. The fraction of sp³-hybridized carbons (Fsp3) is 0.556. The number of phosphoric ester groups is 2. The second-order valence-corrected chi connectivity index (χ2v) is 21.1. The van der Waals surface area contributed by atoms with Crippen LogP contribution in [0, 0.1) is 12.8 Å². The Bertz CT molecular complexity index is 2200. The van der Waals surface area contributed by atoms with Crippen molar-refractivity contribution >= 4 is 35.4 Å². The van der Waals surface area contributed by atoms with Gasteiger partial charge in [0, 0.05) is 30.5 Å². The number of benzene rings is 2. The molecule has 0 saturated carbocycles. The number of hydrogen-bond acceptors (Lipinski definition) is 14. The third-order valence-electron chi connectivity index (χ3n) is 10.6. The molecule has 1 aliphatic rings. The van der Waals surface area contributed by atoms with Crippen LogP contribution in [0.2, 0.25) is 0 Å². The Balaban J connectivity index is 1.35. The van der Waals surface area contributed by atoms with Gasteiger partial charge in [0.1, 0.15) is 11.5 Å². The number of ether oxygens (including phenoxy) is 2. The molecule has 0 fully saturated rings. The maximum Gasteiger partial charge on any atom is 0.490 e. The molecular weight excluding hydrogens is 917 g/mol. The van der Waals surface area contributed by atoms with Crippen LogP contribution in [0.15, 0.2) is 76.5 Å². The Morgan fingerprint density at radius 1 is 0.652 bits per heavy atom. The van der Waals surface area contributed by atoms with Crippen LogP contribution in [0.25, 0.3) is 0 Å². The first-order valence-electron chi connectivity index (χ1n) is 22.7. The molecule has 1 aliphatic carbocycles. The maximum absolute atomic E-state index is 14.0. The van der Waals surface area contributed by atoms with Gasteiger partial charge in [-0.1, -0.05) is 127 Å². The van der Waals surface area contributed by atoms with Crippen LogP contribution in [0.3, 0.4) is 0 Å². The molecular formula is C45H65N2O16P3. The van der Waals surface area contributed by atoms with Crippen LogP contribution in [0.5, 0.6) is 11.5 Å². The summed E-state index contributed by atoms with van der Waals surface area (Å²) in [6.45, 7) is 4.28. The summed E-state index contributed by atoms with van der Waals surface area (Å²) in [6.07, 6.45) is 20.1. The van der Waals surface area contributed by atoms with E-state index >= 15 is 0 Å². The van der Waals surface area contributed by atoms with Gasteiger partial charge in [0.2, 0.25) is 0 Å². The lowest BCUT2D eigenvalue weighted by Gasteiger charge is -2.22. The van der Waals surface area contributed by atoms with Gasteiger partial charge in [-0.05, 0) is 61.6 Å². The molecule has 4 atom stereocenters. The van der Waals surface area contributed by atoms with E-state index in [1.807, 2.05) is 0 Å². The van der Waals surface area contributed by atoms with Crippen LogP contribution >= 0.6 is 23.5 Å². The minimum absolute atomic E-state index is 0.209. The smallest absolute Gasteiger partial charge is 0.427 e. The van der Waals surface area contributed by atoms with Crippen molar-refractivity contribution in [3.63, 3.8) is 0 Å². The Morgan fingerprint density at radius 3 is 1.61 bits per heavy atom. The lowest BCUT2D eigenvalue weighted by molar-refractivity contribution is -0.135. The number of carbonyl (C=O) groups is 2. The summed E-state index contributed by atoms with van der Waals surface area (Å²) >= 11 is 0. The summed E-state index contributed by atoms with van der Waals surface area (Å²) in [4.78, 5) is 72.2. The van der Waals surface area contributed by atoms with Crippen molar-refractivity contribution in [3.05, 3.63) is 104 Å². The second-order valence-electron chi connectivity index (χ2n) is 16.3. The number of carbonyl (C=O) groups excluding carboxylic acids is 2. The van der Waals surface area contributed by atoms with Crippen LogP contribution in [-0.4, -0.2) is 37.9 Å². The number of nitrogens with zero attached hydrogens (tertiary/aromatic N) is 1. The van der Waals surface area contributed by atoms with Crippen LogP contribution in [-0.2, 0) is 58.7 Å². The van der Waals surface area contributed by atoms with E-state index in [9.17, 15) is 42.7 Å². The summed E-state index contributed by atoms with van der Waals surface area (Å²) in [5, 5.41) is 0. The zero-order valence-corrected chi connectivity index (χ0v) is 40.7. The number of unbranched alkanes of at least 4 members (excludes halogenated alkanes) is 12. The quantitative estimate of drug-likeness (QED) is 0.0173. The first kappa shape index (κ1) is 54.8. The number of aromatic amines is 1. The van der Waals surface area contributed by atoms with Crippen molar-refractivity contribution in [2.24, 2.45) is 5.92 Å². The van der Waals surface area contributed by atoms with E-state index in [4.69, 9.17) is 27.4 Å². The monoisotopic (exact) mass is 982 g/mol. The van der Waals surface area contributed by atoms with E-state index in [0.29, 0.717) is 29.5 Å². The molecule has 4 rings (SSSR count). The number of hydrogen-bond donors (Lipinski definition) is 3. The average molecular weight is 983 g/mol. The van der Waals surface area contributed by atoms with E-state index in [1.165, 1.54) is 91.9 Å². The standard InChI is InChI=1S/C45H65N2O16P3/c1-4-6-8-10-12-14-16-18-42(48)60-40-26-21-36(22-27-40)32-58-66(56,59-33-37-23-28-41(29-24-37)61-43(49)19-17-15-13-11-9-7-5-2)63-65(54,55)62-64(52,53)57-34-38-20-25-39(30-38)47-31-35(3)44(50)46-45(47)51/h20-29,31,38-39H,4-19,30,32-34H2,1-3H3,(H,52,53)(H,54,55)(H,46,50,51)/t38-,39+/m1/s1. The minimum atomic E-state index is -5.77. The van der Waals surface area contributed by atoms with Gasteiger partial charge in [-0.15, -0.1) is 0 Å². The third kappa shape index (κ3) is 20.6. The first-order chi connectivity index (χ1) is 31.5. The van der Waals surface area contributed by atoms with E-state index in [1.54, 1.807) is 12.2 Å². The van der Waals surface area contributed by atoms with Crippen molar-refractivity contribution in [2.75, 3.05) is 6.61 Å². The van der Waals surface area contributed by atoms with Crippen molar-refractivity contribution in [1.29, 1.82) is 0 Å². The van der Waals surface area contributed by atoms with Crippen molar-refractivity contribution in [1.82, 2.24) is 9.55 Å². The van der Waals surface area contributed by atoms with Gasteiger partial charge in [-0.25, -0.2) is 18.5 Å². The SMILES string of the molecule is CCCCCCCCCC(=O)Oc1ccc(COP(=O)(OCc2ccc(OC(=O)CCCCCCCCC)cc2)OP(=O)(O)OP(=O)(O)OC[C@@H]2C=C[C@H](n3cc(C)c(=O)[nH]c3=O)C2)cc1. The van der Waals surface area contributed by atoms with E-state index in [-0.39, 0.29) is 42.7 Å². The highest BCUT2D eigenvalue weighted by atomic mass is 31.3. The molecule has 3 N–H and O–H groups in total. The summed E-state index contributed by atoms with van der Waals surface area (Å²) in [6, 6.07) is 11.4. The number of phosphoric acid groups is 3. The average Bonchev–Trinajstić information content (AvgIpc) is 3.74. The molecule has 0 bridgehead atoms. The Morgan fingerprint density at radius 2 is 1.12 bits per heavy atom. The maximum atomic E-state index is 14.0. The molecule has 1 heterocycles. The molecule has 3 aromatic rings. The highest BCUT2D eigenvalue weighted by Gasteiger charge is 2.44. The summed E-state index contributed by atoms with van der Waals surface area (Å²) in [7, 11) is -16.3. The number of allylic oxidation sites excluding steroid dienone is 1. The molecule has 0 aliphatic heterocycles. The predicted molar refractivity (Wildman–Crippen MR) is 247 cm³/mol. The lowest BCUT2D eigenvalue weighted by atomic mass is 10.1. The van der Waals surface area contributed by atoms with Crippen LogP contribution in [0.4, 0.5) is 0 Å². The molecule has 0 amide bonds. The lowest BCUT2D eigenvalue weighted by Crippen LogP contribution is -2.32. The molecule has 2 aromatic carbocycles. The van der Waals surface area contributed by atoms with E-state index < -0.39 is 66.5 Å². The molecule has 2 unspecified atom stereocenters. The minimum Gasteiger partial charge on any atom is -0.427 e. The van der Waals surface area contributed by atoms with Gasteiger partial charge >= 0.3 is 41.1 Å². The topological polar surface area (TPSA) is 245 Å². The first-order valence-corrected chi connectivity index (χ1v) is 27.2. The predicted octanol–water partition coefficient (Wildman–Crippen LogP) is 10.8. The molecule has 21 heteroatoms. The molecule has 18 nitrogen and oxygen atoms in total. The summed E-state index contributed by atoms with van der Waals surface area (Å²) < 4.78 is 77.4. The largest absolute Gasteiger partial charge is 0.490 e. The Kier molecular flexibility index (Phi) is 23.2. The Hall–Kier alpha value is -3.79. The van der Waals surface area contributed by atoms with Gasteiger partial charge in [-0.2, -0.15) is 8.62 Å². The fourth-order valence-electron chi connectivity index (χ4n) is 6.92. The highest BCUT2D eigenvalue weighted by molar-refractivity contribution is 7.67. The van der Waals surface area contributed by atoms with Crippen molar-refractivity contribution < 1.29 is 64.7 Å². The molecule has 366 valence electrons. The normalized spacial score (nSPS) is 16.7. The number of H-pyrrole nitrogens is 1. The third-order valence-corrected chi connectivity index (χ3v) is 15.2. The van der Waals surface area contributed by atoms with Gasteiger partial charge < -0.3 is 19.3 Å². The van der Waals surface area contributed by atoms with Gasteiger partial charge in [-0.3, -0.25) is 37.5 Å². The van der Waals surface area contributed by atoms with Crippen LogP contribution < -0.4 is 20.7 Å². The molecule has 0 saturated heterocycles.